The maximum atomic E-state index is 12.7. The van der Waals surface area contributed by atoms with Crippen molar-refractivity contribution in [2.24, 2.45) is 17.8 Å². The lowest BCUT2D eigenvalue weighted by Gasteiger charge is -2.39. The Morgan fingerprint density at radius 3 is 2.77 bits per heavy atom. The highest BCUT2D eigenvalue weighted by Crippen LogP contribution is 2.34. The summed E-state index contributed by atoms with van der Waals surface area (Å²) in [5, 5.41) is 3.10. The van der Waals surface area contributed by atoms with Crippen molar-refractivity contribution in [1.29, 1.82) is 0 Å². The highest BCUT2D eigenvalue weighted by Gasteiger charge is 2.45. The van der Waals surface area contributed by atoms with Crippen molar-refractivity contribution in [2.75, 3.05) is 26.2 Å². The third kappa shape index (κ3) is 4.03. The zero-order chi connectivity index (χ0) is 17.9. The molecule has 3 aliphatic rings. The van der Waals surface area contributed by atoms with Crippen LogP contribution in [0.4, 0.5) is 0 Å². The Kier molecular flexibility index (Phi) is 5.15. The quantitative estimate of drug-likeness (QED) is 0.813. The van der Waals surface area contributed by atoms with Crippen LogP contribution in [-0.2, 0) is 20.7 Å². The molecule has 3 heterocycles. The van der Waals surface area contributed by atoms with E-state index in [1.54, 1.807) is 12.4 Å². The van der Waals surface area contributed by atoms with Gasteiger partial charge in [0.1, 0.15) is 6.33 Å². The number of carbonyl (C=O) groups is 2. The van der Waals surface area contributed by atoms with E-state index in [1.807, 2.05) is 4.90 Å². The standard InChI is InChI=1S/C19H26N4O3/c24-18(4-3-14-7-20-12-21-8-14)23-10-16(15-5-6-26-17(15)11-23)19(25)22-9-13-1-2-13/h7-8,12-13,15-17H,1-6,9-11H2,(H,22,25)/t15-,16+,17+/m0/s1. The number of fused-ring (bicyclic) bond motifs is 1. The summed E-state index contributed by atoms with van der Waals surface area (Å²) in [4.78, 5) is 35.2. The predicted molar refractivity (Wildman–Crippen MR) is 94.0 cm³/mol. The molecule has 0 spiro atoms. The SMILES string of the molecule is O=C(NCC1CC1)[C@@H]1CN(C(=O)CCc2cncnc2)C[C@H]2OCC[C@H]21. The monoisotopic (exact) mass is 358 g/mol. The van der Waals surface area contributed by atoms with Gasteiger partial charge < -0.3 is 15.0 Å². The summed E-state index contributed by atoms with van der Waals surface area (Å²) < 4.78 is 5.82. The second-order valence-corrected chi connectivity index (χ2v) is 7.70. The molecule has 1 aliphatic carbocycles. The molecule has 0 radical (unpaired) electrons. The molecular weight excluding hydrogens is 332 g/mol. The van der Waals surface area contributed by atoms with E-state index in [9.17, 15) is 9.59 Å². The van der Waals surface area contributed by atoms with Crippen molar-refractivity contribution in [3.8, 4) is 0 Å². The Balaban J connectivity index is 1.36. The lowest BCUT2D eigenvalue weighted by molar-refractivity contribution is -0.141. The van der Waals surface area contributed by atoms with Crippen LogP contribution in [0.25, 0.3) is 0 Å². The Morgan fingerprint density at radius 2 is 2.00 bits per heavy atom. The zero-order valence-electron chi connectivity index (χ0n) is 15.0. The van der Waals surface area contributed by atoms with Gasteiger partial charge in [0.05, 0.1) is 12.0 Å². The van der Waals surface area contributed by atoms with Gasteiger partial charge in [-0.25, -0.2) is 9.97 Å². The number of carbonyl (C=O) groups excluding carboxylic acids is 2. The number of nitrogens with zero attached hydrogens (tertiary/aromatic N) is 3. The van der Waals surface area contributed by atoms with Gasteiger partial charge in [0.15, 0.2) is 0 Å². The molecule has 3 fully saturated rings. The van der Waals surface area contributed by atoms with E-state index in [0.717, 1.165) is 18.5 Å². The van der Waals surface area contributed by atoms with E-state index in [1.165, 1.54) is 19.2 Å². The highest BCUT2D eigenvalue weighted by molar-refractivity contribution is 5.82. The Morgan fingerprint density at radius 1 is 1.19 bits per heavy atom. The fourth-order valence-electron chi connectivity index (χ4n) is 4.03. The van der Waals surface area contributed by atoms with Gasteiger partial charge in [-0.05, 0) is 37.2 Å². The third-order valence-corrected chi connectivity index (χ3v) is 5.79. The Labute approximate surface area is 153 Å². The molecule has 2 amide bonds. The lowest BCUT2D eigenvalue weighted by atomic mass is 9.82. The largest absolute Gasteiger partial charge is 0.376 e. The van der Waals surface area contributed by atoms with Gasteiger partial charge in [0.2, 0.25) is 11.8 Å². The number of likely N-dealkylation sites (tertiary alicyclic amines) is 1. The normalized spacial score (nSPS) is 27.8. The van der Waals surface area contributed by atoms with Crippen LogP contribution in [0.15, 0.2) is 18.7 Å². The van der Waals surface area contributed by atoms with Crippen LogP contribution in [0.5, 0.6) is 0 Å². The first-order valence-corrected chi connectivity index (χ1v) is 9.61. The number of hydrogen-bond acceptors (Lipinski definition) is 5. The molecule has 1 aromatic heterocycles. The minimum atomic E-state index is -0.154. The molecule has 1 aromatic rings. The van der Waals surface area contributed by atoms with Gasteiger partial charge in [0.25, 0.3) is 0 Å². The zero-order valence-corrected chi connectivity index (χ0v) is 15.0. The van der Waals surface area contributed by atoms with Crippen molar-refractivity contribution >= 4 is 11.8 Å². The molecule has 0 unspecified atom stereocenters. The molecule has 4 rings (SSSR count). The summed E-state index contributed by atoms with van der Waals surface area (Å²) in [7, 11) is 0. The molecule has 3 atom stereocenters. The summed E-state index contributed by atoms with van der Waals surface area (Å²) in [6, 6.07) is 0. The van der Waals surface area contributed by atoms with Crippen LogP contribution >= 0.6 is 0 Å². The summed E-state index contributed by atoms with van der Waals surface area (Å²) in [5.74, 6) is 0.901. The van der Waals surface area contributed by atoms with Crippen LogP contribution in [0, 0.1) is 17.8 Å². The van der Waals surface area contributed by atoms with E-state index in [2.05, 4.69) is 15.3 Å². The van der Waals surface area contributed by atoms with E-state index >= 15 is 0 Å². The molecule has 0 bridgehead atoms. The number of nitrogens with one attached hydrogen (secondary N) is 1. The van der Waals surface area contributed by atoms with Crippen molar-refractivity contribution in [3.05, 3.63) is 24.3 Å². The first kappa shape index (κ1) is 17.4. The second-order valence-electron chi connectivity index (χ2n) is 7.70. The topological polar surface area (TPSA) is 84.4 Å². The molecule has 26 heavy (non-hydrogen) atoms. The summed E-state index contributed by atoms with van der Waals surface area (Å²) in [6.45, 7) is 2.56. The first-order valence-electron chi connectivity index (χ1n) is 9.61. The smallest absolute Gasteiger partial charge is 0.225 e. The molecule has 1 saturated carbocycles. The van der Waals surface area contributed by atoms with Gasteiger partial charge in [-0.15, -0.1) is 0 Å². The molecule has 0 aromatic carbocycles. The van der Waals surface area contributed by atoms with Crippen molar-refractivity contribution in [1.82, 2.24) is 20.2 Å². The number of rotatable bonds is 6. The molecule has 7 nitrogen and oxygen atoms in total. The maximum absolute atomic E-state index is 12.7. The molecule has 2 saturated heterocycles. The number of ether oxygens (including phenoxy) is 1. The van der Waals surface area contributed by atoms with E-state index < -0.39 is 0 Å². The van der Waals surface area contributed by atoms with Crippen LogP contribution in [0.1, 0.15) is 31.2 Å². The average Bonchev–Trinajstić information content (AvgIpc) is 3.39. The Bertz CT molecular complexity index is 649. The van der Waals surface area contributed by atoms with Gasteiger partial charge >= 0.3 is 0 Å². The number of hydrogen-bond donors (Lipinski definition) is 1. The fraction of sp³-hybridized carbons (Fsp3) is 0.684. The number of piperidine rings is 1. The molecule has 2 aliphatic heterocycles. The summed E-state index contributed by atoms with van der Waals surface area (Å²) in [6.07, 6.45) is 9.31. The van der Waals surface area contributed by atoms with Gasteiger partial charge in [-0.1, -0.05) is 0 Å². The predicted octanol–water partition coefficient (Wildman–Crippen LogP) is 0.799. The number of amides is 2. The van der Waals surface area contributed by atoms with E-state index in [-0.39, 0.29) is 29.8 Å². The highest BCUT2D eigenvalue weighted by atomic mass is 16.5. The van der Waals surface area contributed by atoms with Crippen molar-refractivity contribution in [3.63, 3.8) is 0 Å². The van der Waals surface area contributed by atoms with E-state index in [0.29, 0.717) is 38.5 Å². The molecule has 1 N–H and O–H groups in total. The Hall–Kier alpha value is -2.02. The van der Waals surface area contributed by atoms with Crippen molar-refractivity contribution < 1.29 is 14.3 Å². The summed E-state index contributed by atoms with van der Waals surface area (Å²) >= 11 is 0. The van der Waals surface area contributed by atoms with Crippen LogP contribution in [0.3, 0.4) is 0 Å². The fourth-order valence-corrected chi connectivity index (χ4v) is 4.03. The maximum Gasteiger partial charge on any atom is 0.225 e. The third-order valence-electron chi connectivity index (χ3n) is 5.79. The summed E-state index contributed by atoms with van der Waals surface area (Å²) in [5.41, 5.74) is 0.951. The van der Waals surface area contributed by atoms with Crippen molar-refractivity contribution in [2.45, 2.75) is 38.2 Å². The lowest BCUT2D eigenvalue weighted by Crippen LogP contribution is -2.54. The molecule has 7 heteroatoms. The second kappa shape index (κ2) is 7.70. The van der Waals surface area contributed by atoms with Gasteiger partial charge in [-0.2, -0.15) is 0 Å². The van der Waals surface area contributed by atoms with Crippen LogP contribution < -0.4 is 5.32 Å². The molecule has 140 valence electrons. The van der Waals surface area contributed by atoms with Crippen LogP contribution in [0.2, 0.25) is 0 Å². The van der Waals surface area contributed by atoms with Crippen LogP contribution in [-0.4, -0.2) is 59.0 Å². The number of aryl methyl sites for hydroxylation is 1. The minimum Gasteiger partial charge on any atom is -0.376 e. The van der Waals surface area contributed by atoms with Gasteiger partial charge in [-0.3, -0.25) is 9.59 Å². The van der Waals surface area contributed by atoms with Gasteiger partial charge in [0, 0.05) is 51.0 Å². The minimum absolute atomic E-state index is 0.00978. The number of aromatic nitrogens is 2. The molecular formula is C19H26N4O3. The average molecular weight is 358 g/mol. The first-order chi connectivity index (χ1) is 12.7. The van der Waals surface area contributed by atoms with E-state index in [4.69, 9.17) is 4.74 Å².